The molecule has 1 aromatic heterocycles. The average molecular weight is 400 g/mol. The number of carbonyl (C=O) groups is 2. The average Bonchev–Trinajstić information content (AvgIpc) is 3.18. The number of benzene rings is 1. The van der Waals surface area contributed by atoms with Crippen LogP contribution in [0.2, 0.25) is 0 Å². The van der Waals surface area contributed by atoms with Crippen LogP contribution in [0, 0.1) is 0 Å². The third-order valence-corrected chi connectivity index (χ3v) is 6.06. The van der Waals surface area contributed by atoms with Crippen LogP contribution in [0.1, 0.15) is 55.3 Å². The van der Waals surface area contributed by atoms with Gasteiger partial charge in [-0.05, 0) is 31.7 Å². The SMILES string of the molecule is O=C(CC1(O)CCOCC1)NC1CCC(NC(=O)c2cccc3cn[nH]c23)CC1. The smallest absolute Gasteiger partial charge is 0.253 e. The highest BCUT2D eigenvalue weighted by atomic mass is 16.5. The highest BCUT2D eigenvalue weighted by molar-refractivity contribution is 6.05. The summed E-state index contributed by atoms with van der Waals surface area (Å²) in [5.74, 6) is -0.207. The molecule has 1 aliphatic carbocycles. The molecular weight excluding hydrogens is 372 g/mol. The van der Waals surface area contributed by atoms with Crippen molar-refractivity contribution in [2.75, 3.05) is 13.2 Å². The molecule has 1 saturated carbocycles. The van der Waals surface area contributed by atoms with Gasteiger partial charge in [0, 0.05) is 43.5 Å². The fourth-order valence-corrected chi connectivity index (χ4v) is 4.31. The lowest BCUT2D eigenvalue weighted by Crippen LogP contribution is -2.46. The number of ether oxygens (including phenoxy) is 1. The molecule has 8 heteroatoms. The van der Waals surface area contributed by atoms with Gasteiger partial charge < -0.3 is 20.5 Å². The van der Waals surface area contributed by atoms with E-state index in [9.17, 15) is 14.7 Å². The first-order valence-electron chi connectivity index (χ1n) is 10.3. The Morgan fingerprint density at radius 3 is 2.55 bits per heavy atom. The van der Waals surface area contributed by atoms with Gasteiger partial charge in [-0.3, -0.25) is 14.7 Å². The predicted octanol–water partition coefficient (Wildman–Crippen LogP) is 1.65. The van der Waals surface area contributed by atoms with Crippen LogP contribution in [0.5, 0.6) is 0 Å². The van der Waals surface area contributed by atoms with E-state index in [2.05, 4.69) is 20.8 Å². The molecular formula is C21H28N4O4. The van der Waals surface area contributed by atoms with Crippen LogP contribution in [0.25, 0.3) is 10.9 Å². The normalized spacial score (nSPS) is 24.2. The number of aromatic nitrogens is 2. The van der Waals surface area contributed by atoms with E-state index in [0.29, 0.717) is 31.6 Å². The maximum absolute atomic E-state index is 12.7. The van der Waals surface area contributed by atoms with Gasteiger partial charge in [0.05, 0.1) is 29.3 Å². The van der Waals surface area contributed by atoms with Gasteiger partial charge in [-0.15, -0.1) is 0 Å². The number of aliphatic hydroxyl groups is 1. The molecule has 2 aromatic rings. The first-order valence-corrected chi connectivity index (χ1v) is 10.3. The quantitative estimate of drug-likeness (QED) is 0.609. The summed E-state index contributed by atoms with van der Waals surface area (Å²) in [5.41, 5.74) is 0.401. The molecule has 2 fully saturated rings. The van der Waals surface area contributed by atoms with Gasteiger partial charge in [0.15, 0.2) is 0 Å². The van der Waals surface area contributed by atoms with Crippen molar-refractivity contribution in [2.24, 2.45) is 0 Å². The van der Waals surface area contributed by atoms with Crippen LogP contribution >= 0.6 is 0 Å². The highest BCUT2D eigenvalue weighted by Gasteiger charge is 2.33. The lowest BCUT2D eigenvalue weighted by Gasteiger charge is -2.33. The predicted molar refractivity (Wildman–Crippen MR) is 107 cm³/mol. The van der Waals surface area contributed by atoms with Crippen LogP contribution in [-0.4, -0.2) is 58.0 Å². The molecule has 1 aliphatic heterocycles. The van der Waals surface area contributed by atoms with Gasteiger partial charge >= 0.3 is 0 Å². The summed E-state index contributed by atoms with van der Waals surface area (Å²) in [4.78, 5) is 25.0. The summed E-state index contributed by atoms with van der Waals surface area (Å²) in [6.45, 7) is 1.00. The van der Waals surface area contributed by atoms with E-state index in [1.165, 1.54) is 0 Å². The zero-order valence-corrected chi connectivity index (χ0v) is 16.4. The molecule has 0 unspecified atom stereocenters. The Morgan fingerprint density at radius 1 is 1.14 bits per heavy atom. The minimum Gasteiger partial charge on any atom is -0.389 e. The van der Waals surface area contributed by atoms with E-state index in [1.54, 1.807) is 12.3 Å². The first-order chi connectivity index (χ1) is 14.0. The van der Waals surface area contributed by atoms with E-state index in [-0.39, 0.29) is 30.3 Å². The van der Waals surface area contributed by atoms with Crippen molar-refractivity contribution in [1.29, 1.82) is 0 Å². The Morgan fingerprint density at radius 2 is 1.83 bits per heavy atom. The van der Waals surface area contributed by atoms with Crippen LogP contribution in [0.15, 0.2) is 24.4 Å². The van der Waals surface area contributed by atoms with Gasteiger partial charge in [0.25, 0.3) is 5.91 Å². The van der Waals surface area contributed by atoms with Gasteiger partial charge in [-0.1, -0.05) is 12.1 Å². The number of aromatic amines is 1. The second kappa shape index (κ2) is 8.51. The summed E-state index contributed by atoms with van der Waals surface area (Å²) in [6.07, 6.45) is 6.09. The van der Waals surface area contributed by atoms with E-state index in [1.807, 2.05) is 12.1 Å². The Kier molecular flexibility index (Phi) is 5.82. The number of rotatable bonds is 5. The molecule has 2 amide bonds. The van der Waals surface area contributed by atoms with Crippen LogP contribution in [0.4, 0.5) is 0 Å². The molecule has 4 N–H and O–H groups in total. The highest BCUT2D eigenvalue weighted by Crippen LogP contribution is 2.25. The molecule has 4 rings (SSSR count). The van der Waals surface area contributed by atoms with Crippen LogP contribution < -0.4 is 10.6 Å². The summed E-state index contributed by atoms with van der Waals surface area (Å²) < 4.78 is 5.26. The fraction of sp³-hybridized carbons (Fsp3) is 0.571. The summed E-state index contributed by atoms with van der Waals surface area (Å²) in [6, 6.07) is 5.75. The third kappa shape index (κ3) is 4.76. The topological polar surface area (TPSA) is 116 Å². The molecule has 1 saturated heterocycles. The number of hydrogen-bond acceptors (Lipinski definition) is 5. The number of nitrogens with zero attached hydrogens (tertiary/aromatic N) is 1. The monoisotopic (exact) mass is 400 g/mol. The molecule has 0 radical (unpaired) electrons. The van der Waals surface area contributed by atoms with E-state index in [4.69, 9.17) is 4.74 Å². The minimum absolute atomic E-state index is 0.0912. The second-order valence-electron chi connectivity index (χ2n) is 8.24. The van der Waals surface area contributed by atoms with Gasteiger partial charge in [-0.25, -0.2) is 0 Å². The van der Waals surface area contributed by atoms with Gasteiger partial charge in [0.2, 0.25) is 5.91 Å². The zero-order valence-electron chi connectivity index (χ0n) is 16.4. The molecule has 2 heterocycles. The Balaban J connectivity index is 1.24. The zero-order chi connectivity index (χ0) is 20.3. The lowest BCUT2D eigenvalue weighted by molar-refractivity contribution is -0.131. The van der Waals surface area contributed by atoms with Crippen LogP contribution in [-0.2, 0) is 9.53 Å². The summed E-state index contributed by atoms with van der Waals surface area (Å²) in [5, 5.41) is 24.4. The minimum atomic E-state index is -0.943. The third-order valence-electron chi connectivity index (χ3n) is 6.06. The maximum atomic E-state index is 12.7. The Labute approximate surface area is 169 Å². The van der Waals surface area contributed by atoms with Crippen molar-refractivity contribution < 1.29 is 19.4 Å². The van der Waals surface area contributed by atoms with Crippen molar-refractivity contribution in [3.63, 3.8) is 0 Å². The maximum Gasteiger partial charge on any atom is 0.253 e. The van der Waals surface area contributed by atoms with Crippen molar-refractivity contribution >= 4 is 22.7 Å². The van der Waals surface area contributed by atoms with Crippen molar-refractivity contribution in [2.45, 2.75) is 62.6 Å². The fourth-order valence-electron chi connectivity index (χ4n) is 4.31. The van der Waals surface area contributed by atoms with Gasteiger partial charge in [-0.2, -0.15) is 5.10 Å². The summed E-state index contributed by atoms with van der Waals surface area (Å²) >= 11 is 0. The number of nitrogens with one attached hydrogen (secondary N) is 3. The Hall–Kier alpha value is -2.45. The molecule has 0 atom stereocenters. The van der Waals surface area contributed by atoms with Gasteiger partial charge in [0.1, 0.15) is 0 Å². The number of hydrogen-bond donors (Lipinski definition) is 4. The molecule has 156 valence electrons. The van der Waals surface area contributed by atoms with Crippen molar-refractivity contribution in [3.8, 4) is 0 Å². The number of H-pyrrole nitrogens is 1. The van der Waals surface area contributed by atoms with Crippen LogP contribution in [0.3, 0.4) is 0 Å². The van der Waals surface area contributed by atoms with Crippen molar-refractivity contribution in [1.82, 2.24) is 20.8 Å². The largest absolute Gasteiger partial charge is 0.389 e. The van der Waals surface area contributed by atoms with E-state index >= 15 is 0 Å². The number of amides is 2. The van der Waals surface area contributed by atoms with E-state index in [0.717, 1.165) is 36.6 Å². The molecule has 29 heavy (non-hydrogen) atoms. The number of fused-ring (bicyclic) bond motifs is 1. The van der Waals surface area contributed by atoms with Crippen molar-refractivity contribution in [3.05, 3.63) is 30.0 Å². The first kappa shape index (κ1) is 19.8. The molecule has 0 bridgehead atoms. The standard InChI is InChI=1S/C21H28N4O4/c26-18(12-21(28)8-10-29-11-9-21)23-15-4-6-16(7-5-15)24-20(27)17-3-1-2-14-13-22-25-19(14)17/h1-3,13,15-16,28H,4-12H2,(H,22,25)(H,23,26)(H,24,27). The number of carbonyl (C=O) groups excluding carboxylic acids is 2. The summed E-state index contributed by atoms with van der Waals surface area (Å²) in [7, 11) is 0. The van der Waals surface area contributed by atoms with E-state index < -0.39 is 5.60 Å². The lowest BCUT2D eigenvalue weighted by atomic mass is 9.88. The molecule has 8 nitrogen and oxygen atoms in total. The number of para-hydroxylation sites is 1. The molecule has 2 aliphatic rings. The molecule has 0 spiro atoms. The Bertz CT molecular complexity index is 866. The second-order valence-corrected chi connectivity index (χ2v) is 8.24. The molecule has 1 aromatic carbocycles.